The standard InChI is InChI=1S/C17H27N3O/c1-2-7-15(18)12-17(21)19-16-9-4-3-8-14(16)13-20-10-5-6-11-20/h3-4,8-9,15H,2,5-7,10-13,18H2,1H3,(H,19,21). The highest BCUT2D eigenvalue weighted by Gasteiger charge is 2.15. The molecule has 4 nitrogen and oxygen atoms in total. The molecule has 1 aliphatic heterocycles. The number of hydrogen-bond donors (Lipinski definition) is 2. The van der Waals surface area contributed by atoms with E-state index in [1.165, 1.54) is 18.4 Å². The molecule has 1 amide bonds. The van der Waals surface area contributed by atoms with Crippen molar-refractivity contribution in [2.24, 2.45) is 5.73 Å². The SMILES string of the molecule is CCCC(N)CC(=O)Nc1ccccc1CN1CCCC1. The highest BCUT2D eigenvalue weighted by Crippen LogP contribution is 2.20. The molecule has 2 rings (SSSR count). The molecular weight excluding hydrogens is 262 g/mol. The van der Waals surface area contributed by atoms with Gasteiger partial charge in [-0.05, 0) is 44.0 Å². The molecule has 1 aromatic carbocycles. The molecular formula is C17H27N3O. The summed E-state index contributed by atoms with van der Waals surface area (Å²) >= 11 is 0. The summed E-state index contributed by atoms with van der Waals surface area (Å²) in [5, 5.41) is 3.03. The number of nitrogens with zero attached hydrogens (tertiary/aromatic N) is 1. The van der Waals surface area contributed by atoms with E-state index in [2.05, 4.69) is 23.2 Å². The highest BCUT2D eigenvalue weighted by atomic mass is 16.1. The first-order valence-corrected chi connectivity index (χ1v) is 8.04. The van der Waals surface area contributed by atoms with Crippen molar-refractivity contribution in [3.63, 3.8) is 0 Å². The number of amides is 1. The molecule has 0 spiro atoms. The third-order valence-electron chi connectivity index (χ3n) is 3.99. The Morgan fingerprint density at radius 1 is 1.33 bits per heavy atom. The van der Waals surface area contributed by atoms with Gasteiger partial charge in [-0.15, -0.1) is 0 Å². The van der Waals surface area contributed by atoms with E-state index in [-0.39, 0.29) is 11.9 Å². The van der Waals surface area contributed by atoms with E-state index in [0.717, 1.165) is 38.2 Å². The summed E-state index contributed by atoms with van der Waals surface area (Å²) in [5.74, 6) is 0.0184. The number of anilines is 1. The molecule has 1 aromatic rings. The molecule has 1 aliphatic rings. The molecule has 1 unspecified atom stereocenters. The molecule has 0 radical (unpaired) electrons. The van der Waals surface area contributed by atoms with Gasteiger partial charge in [0, 0.05) is 24.7 Å². The molecule has 0 aromatic heterocycles. The van der Waals surface area contributed by atoms with Gasteiger partial charge in [0.1, 0.15) is 0 Å². The van der Waals surface area contributed by atoms with Crippen LogP contribution in [0.5, 0.6) is 0 Å². The van der Waals surface area contributed by atoms with E-state index < -0.39 is 0 Å². The number of para-hydroxylation sites is 1. The van der Waals surface area contributed by atoms with Gasteiger partial charge in [-0.25, -0.2) is 0 Å². The highest BCUT2D eigenvalue weighted by molar-refractivity contribution is 5.91. The number of carbonyl (C=O) groups is 1. The molecule has 116 valence electrons. The van der Waals surface area contributed by atoms with Gasteiger partial charge in [-0.3, -0.25) is 9.69 Å². The molecule has 0 bridgehead atoms. The smallest absolute Gasteiger partial charge is 0.225 e. The third kappa shape index (κ3) is 5.14. The summed E-state index contributed by atoms with van der Waals surface area (Å²) in [7, 11) is 0. The van der Waals surface area contributed by atoms with Gasteiger partial charge < -0.3 is 11.1 Å². The first-order valence-electron chi connectivity index (χ1n) is 8.04. The molecule has 0 aliphatic carbocycles. The first-order chi connectivity index (χ1) is 10.2. The van der Waals surface area contributed by atoms with E-state index in [0.29, 0.717) is 6.42 Å². The van der Waals surface area contributed by atoms with Crippen molar-refractivity contribution in [2.45, 2.75) is 51.6 Å². The number of rotatable bonds is 7. The Morgan fingerprint density at radius 3 is 2.76 bits per heavy atom. The van der Waals surface area contributed by atoms with Crippen molar-refractivity contribution in [1.29, 1.82) is 0 Å². The van der Waals surface area contributed by atoms with Crippen LogP contribution in [-0.2, 0) is 11.3 Å². The summed E-state index contributed by atoms with van der Waals surface area (Å²) in [6, 6.07) is 8.04. The van der Waals surface area contributed by atoms with Crippen molar-refractivity contribution in [2.75, 3.05) is 18.4 Å². The van der Waals surface area contributed by atoms with E-state index in [4.69, 9.17) is 5.73 Å². The molecule has 0 saturated carbocycles. The van der Waals surface area contributed by atoms with Crippen LogP contribution in [0.15, 0.2) is 24.3 Å². The van der Waals surface area contributed by atoms with Crippen LogP contribution in [0.1, 0.15) is 44.6 Å². The van der Waals surface area contributed by atoms with Crippen molar-refractivity contribution < 1.29 is 4.79 Å². The van der Waals surface area contributed by atoms with Crippen LogP contribution < -0.4 is 11.1 Å². The Labute approximate surface area is 127 Å². The third-order valence-corrected chi connectivity index (χ3v) is 3.99. The zero-order chi connectivity index (χ0) is 15.1. The predicted octanol–water partition coefficient (Wildman–Crippen LogP) is 2.74. The second-order valence-corrected chi connectivity index (χ2v) is 5.94. The minimum absolute atomic E-state index is 0.0184. The summed E-state index contributed by atoms with van der Waals surface area (Å²) in [5.41, 5.74) is 8.06. The van der Waals surface area contributed by atoms with E-state index in [9.17, 15) is 4.79 Å². The van der Waals surface area contributed by atoms with Crippen LogP contribution in [0, 0.1) is 0 Å². The van der Waals surface area contributed by atoms with Gasteiger partial charge in [0.15, 0.2) is 0 Å². The van der Waals surface area contributed by atoms with E-state index in [1.807, 2.05) is 18.2 Å². The Hall–Kier alpha value is -1.39. The Bertz CT molecular complexity index is 455. The van der Waals surface area contributed by atoms with Crippen molar-refractivity contribution in [1.82, 2.24) is 4.90 Å². The van der Waals surface area contributed by atoms with Crippen molar-refractivity contribution in [3.05, 3.63) is 29.8 Å². The minimum atomic E-state index is -0.0410. The second kappa shape index (κ2) is 8.15. The van der Waals surface area contributed by atoms with Gasteiger partial charge in [-0.1, -0.05) is 31.5 Å². The number of nitrogens with two attached hydrogens (primary N) is 1. The van der Waals surface area contributed by atoms with Crippen LogP contribution in [0.2, 0.25) is 0 Å². The molecule has 4 heteroatoms. The lowest BCUT2D eigenvalue weighted by Gasteiger charge is -2.18. The topological polar surface area (TPSA) is 58.4 Å². The fraction of sp³-hybridized carbons (Fsp3) is 0.588. The number of carbonyl (C=O) groups excluding carboxylic acids is 1. The number of nitrogens with one attached hydrogen (secondary N) is 1. The zero-order valence-electron chi connectivity index (χ0n) is 13.0. The van der Waals surface area contributed by atoms with Crippen LogP contribution in [0.4, 0.5) is 5.69 Å². The maximum Gasteiger partial charge on any atom is 0.225 e. The second-order valence-electron chi connectivity index (χ2n) is 5.94. The minimum Gasteiger partial charge on any atom is -0.327 e. The zero-order valence-corrected chi connectivity index (χ0v) is 13.0. The lowest BCUT2D eigenvalue weighted by molar-refractivity contribution is -0.116. The van der Waals surface area contributed by atoms with Gasteiger partial charge in [0.25, 0.3) is 0 Å². The average Bonchev–Trinajstić information content (AvgIpc) is 2.94. The molecule has 3 N–H and O–H groups in total. The predicted molar refractivity (Wildman–Crippen MR) is 87.1 cm³/mol. The quantitative estimate of drug-likeness (QED) is 0.811. The summed E-state index contributed by atoms with van der Waals surface area (Å²) in [4.78, 5) is 14.5. The fourth-order valence-corrected chi connectivity index (χ4v) is 2.87. The molecule has 1 saturated heterocycles. The molecule has 1 heterocycles. The summed E-state index contributed by atoms with van der Waals surface area (Å²) in [6.07, 6.45) is 4.86. The lowest BCUT2D eigenvalue weighted by atomic mass is 10.1. The maximum absolute atomic E-state index is 12.1. The number of hydrogen-bond acceptors (Lipinski definition) is 3. The lowest BCUT2D eigenvalue weighted by Crippen LogP contribution is -2.27. The summed E-state index contributed by atoms with van der Waals surface area (Å²) in [6.45, 7) is 5.31. The monoisotopic (exact) mass is 289 g/mol. The van der Waals surface area contributed by atoms with Crippen LogP contribution >= 0.6 is 0 Å². The Kier molecular flexibility index (Phi) is 6.21. The van der Waals surface area contributed by atoms with Gasteiger partial charge in [-0.2, -0.15) is 0 Å². The normalized spacial score (nSPS) is 16.9. The van der Waals surface area contributed by atoms with Gasteiger partial charge in [0.2, 0.25) is 5.91 Å². The van der Waals surface area contributed by atoms with Gasteiger partial charge >= 0.3 is 0 Å². The molecule has 1 fully saturated rings. The summed E-state index contributed by atoms with van der Waals surface area (Å²) < 4.78 is 0. The van der Waals surface area contributed by atoms with Crippen LogP contribution in [-0.4, -0.2) is 29.9 Å². The fourth-order valence-electron chi connectivity index (χ4n) is 2.87. The average molecular weight is 289 g/mol. The Balaban J connectivity index is 1.94. The Morgan fingerprint density at radius 2 is 2.05 bits per heavy atom. The maximum atomic E-state index is 12.1. The number of benzene rings is 1. The van der Waals surface area contributed by atoms with Crippen molar-refractivity contribution in [3.8, 4) is 0 Å². The largest absolute Gasteiger partial charge is 0.327 e. The van der Waals surface area contributed by atoms with Crippen LogP contribution in [0.25, 0.3) is 0 Å². The van der Waals surface area contributed by atoms with Crippen molar-refractivity contribution >= 4 is 11.6 Å². The van der Waals surface area contributed by atoms with E-state index >= 15 is 0 Å². The van der Waals surface area contributed by atoms with E-state index in [1.54, 1.807) is 0 Å². The first kappa shape index (κ1) is 16.0. The van der Waals surface area contributed by atoms with Crippen LogP contribution in [0.3, 0.4) is 0 Å². The number of likely N-dealkylation sites (tertiary alicyclic amines) is 1. The molecule has 21 heavy (non-hydrogen) atoms. The molecule has 1 atom stereocenters. The van der Waals surface area contributed by atoms with Gasteiger partial charge in [0.05, 0.1) is 0 Å².